The molecule has 3 rings (SSSR count). The minimum atomic E-state index is -3.97. The fourth-order valence-corrected chi connectivity index (χ4v) is 4.77. The number of rotatable bonds is 8. The van der Waals surface area contributed by atoms with Crippen LogP contribution in [0.25, 0.3) is 0 Å². The van der Waals surface area contributed by atoms with Gasteiger partial charge in [-0.3, -0.25) is 9.10 Å². The average Bonchev–Trinajstić information content (AvgIpc) is 2.77. The molecule has 0 fully saturated rings. The lowest BCUT2D eigenvalue weighted by Crippen LogP contribution is -2.41. The first-order valence-corrected chi connectivity index (χ1v) is 11.4. The maximum atomic E-state index is 13.3. The van der Waals surface area contributed by atoms with Gasteiger partial charge in [0, 0.05) is 6.54 Å². The Hall–Kier alpha value is -2.83. The normalized spacial score (nSPS) is 12.2. The van der Waals surface area contributed by atoms with Crippen molar-refractivity contribution in [2.75, 3.05) is 17.4 Å². The molecule has 0 bridgehead atoms. The third-order valence-corrected chi connectivity index (χ3v) is 6.81. The van der Waals surface area contributed by atoms with E-state index in [0.717, 1.165) is 9.87 Å². The van der Waals surface area contributed by atoms with Crippen LogP contribution in [0.2, 0.25) is 5.02 Å². The monoisotopic (exact) mass is 442 g/mol. The van der Waals surface area contributed by atoms with E-state index in [0.29, 0.717) is 6.54 Å². The number of hydrogen-bond donors (Lipinski definition) is 1. The third kappa shape index (κ3) is 5.20. The van der Waals surface area contributed by atoms with Crippen LogP contribution < -0.4 is 9.62 Å². The number of para-hydroxylation sites is 1. The molecule has 156 valence electrons. The van der Waals surface area contributed by atoms with Crippen molar-refractivity contribution in [2.45, 2.75) is 17.7 Å². The van der Waals surface area contributed by atoms with Crippen LogP contribution in [0.15, 0.2) is 89.8 Å². The van der Waals surface area contributed by atoms with E-state index in [4.69, 9.17) is 11.6 Å². The fourth-order valence-electron chi connectivity index (χ4n) is 3.03. The Balaban J connectivity index is 1.81. The third-order valence-electron chi connectivity index (χ3n) is 4.71. The van der Waals surface area contributed by atoms with Gasteiger partial charge >= 0.3 is 0 Å². The van der Waals surface area contributed by atoms with Gasteiger partial charge in [-0.25, -0.2) is 8.42 Å². The van der Waals surface area contributed by atoms with Crippen molar-refractivity contribution in [1.29, 1.82) is 0 Å². The topological polar surface area (TPSA) is 66.5 Å². The lowest BCUT2D eigenvalue weighted by Gasteiger charge is -2.25. The molecule has 0 aliphatic carbocycles. The predicted octanol–water partition coefficient (Wildman–Crippen LogP) is 4.46. The van der Waals surface area contributed by atoms with E-state index in [1.165, 1.54) is 12.1 Å². The van der Waals surface area contributed by atoms with Crippen molar-refractivity contribution in [3.63, 3.8) is 0 Å². The number of sulfonamides is 1. The Kier molecular flexibility index (Phi) is 7.13. The number of anilines is 1. The molecular weight excluding hydrogens is 420 g/mol. The summed E-state index contributed by atoms with van der Waals surface area (Å²) in [5.41, 5.74) is 1.35. The second-order valence-corrected chi connectivity index (χ2v) is 9.16. The van der Waals surface area contributed by atoms with E-state index < -0.39 is 15.9 Å². The Morgan fingerprint density at radius 3 is 2.13 bits per heavy atom. The molecule has 7 heteroatoms. The largest absolute Gasteiger partial charge is 0.354 e. The van der Waals surface area contributed by atoms with Crippen LogP contribution in [0.4, 0.5) is 5.69 Å². The summed E-state index contributed by atoms with van der Waals surface area (Å²) in [6.45, 7) is 2.02. The summed E-state index contributed by atoms with van der Waals surface area (Å²) in [5.74, 6) is -0.313. The van der Waals surface area contributed by atoms with Crippen molar-refractivity contribution in [3.8, 4) is 0 Å². The Bertz CT molecular complexity index is 1090. The summed E-state index contributed by atoms with van der Waals surface area (Å²) in [6, 6.07) is 24.4. The highest BCUT2D eigenvalue weighted by atomic mass is 35.5. The Morgan fingerprint density at radius 2 is 1.50 bits per heavy atom. The van der Waals surface area contributed by atoms with Crippen molar-refractivity contribution in [3.05, 3.63) is 95.5 Å². The van der Waals surface area contributed by atoms with Crippen molar-refractivity contribution in [1.82, 2.24) is 5.32 Å². The van der Waals surface area contributed by atoms with Gasteiger partial charge in [-0.05, 0) is 35.7 Å². The van der Waals surface area contributed by atoms with Gasteiger partial charge < -0.3 is 5.32 Å². The number of carbonyl (C=O) groups is 1. The summed E-state index contributed by atoms with van der Waals surface area (Å²) < 4.78 is 27.6. The van der Waals surface area contributed by atoms with E-state index in [-0.39, 0.29) is 28.1 Å². The first kappa shape index (κ1) is 21.9. The minimum absolute atomic E-state index is 0.0923. The number of hydrogen-bond acceptors (Lipinski definition) is 3. The molecule has 0 spiro atoms. The molecule has 3 aromatic carbocycles. The number of benzene rings is 3. The van der Waals surface area contributed by atoms with Gasteiger partial charge in [-0.15, -0.1) is 0 Å². The molecule has 1 atom stereocenters. The number of amides is 1. The zero-order chi connectivity index (χ0) is 21.6. The zero-order valence-corrected chi connectivity index (χ0v) is 18.1. The first-order valence-electron chi connectivity index (χ1n) is 9.53. The summed E-state index contributed by atoms with van der Waals surface area (Å²) in [7, 11) is -3.97. The predicted molar refractivity (Wildman–Crippen MR) is 120 cm³/mol. The zero-order valence-electron chi connectivity index (χ0n) is 16.5. The second kappa shape index (κ2) is 9.78. The Labute approximate surface area is 182 Å². The maximum absolute atomic E-state index is 13.3. The summed E-state index contributed by atoms with van der Waals surface area (Å²) >= 11 is 6.27. The van der Waals surface area contributed by atoms with Crippen LogP contribution in [-0.4, -0.2) is 27.4 Å². The number of nitrogens with one attached hydrogen (secondary N) is 1. The van der Waals surface area contributed by atoms with Gasteiger partial charge in [0.05, 0.1) is 15.6 Å². The van der Waals surface area contributed by atoms with Crippen molar-refractivity contribution >= 4 is 33.2 Å². The Morgan fingerprint density at radius 1 is 0.933 bits per heavy atom. The quantitative estimate of drug-likeness (QED) is 0.560. The highest BCUT2D eigenvalue weighted by molar-refractivity contribution is 7.92. The molecular formula is C23H23ClN2O3S. The van der Waals surface area contributed by atoms with E-state index in [1.54, 1.807) is 42.5 Å². The van der Waals surface area contributed by atoms with E-state index in [1.807, 2.05) is 37.3 Å². The molecule has 1 N–H and O–H groups in total. The van der Waals surface area contributed by atoms with Crippen LogP contribution in [0, 0.1) is 0 Å². The molecule has 1 amide bonds. The van der Waals surface area contributed by atoms with Crippen LogP contribution in [-0.2, 0) is 14.8 Å². The van der Waals surface area contributed by atoms with E-state index in [9.17, 15) is 13.2 Å². The van der Waals surface area contributed by atoms with Gasteiger partial charge in [0.15, 0.2) is 0 Å². The highest BCUT2D eigenvalue weighted by Gasteiger charge is 2.28. The standard InChI is InChI=1S/C23H23ClN2O3S/c1-18(19-10-4-2-5-11-19)16-25-23(27)17-26(22-15-9-8-14-21(22)24)30(28,29)20-12-6-3-7-13-20/h2-15,18H,16-17H2,1H3,(H,25,27). The fraction of sp³-hybridized carbons (Fsp3) is 0.174. The van der Waals surface area contributed by atoms with Crippen LogP contribution in [0.1, 0.15) is 18.4 Å². The summed E-state index contributed by atoms with van der Waals surface area (Å²) in [4.78, 5) is 12.8. The molecule has 0 aromatic heterocycles. The molecule has 1 unspecified atom stereocenters. The molecule has 0 aliphatic heterocycles. The number of carbonyl (C=O) groups excluding carboxylic acids is 1. The molecule has 0 saturated heterocycles. The molecule has 30 heavy (non-hydrogen) atoms. The van der Waals surface area contributed by atoms with Gasteiger partial charge in [0.1, 0.15) is 6.54 Å². The lowest BCUT2D eigenvalue weighted by molar-refractivity contribution is -0.119. The van der Waals surface area contributed by atoms with Gasteiger partial charge in [0.25, 0.3) is 10.0 Å². The van der Waals surface area contributed by atoms with Crippen LogP contribution in [0.5, 0.6) is 0 Å². The lowest BCUT2D eigenvalue weighted by atomic mass is 10.0. The molecule has 0 aliphatic rings. The van der Waals surface area contributed by atoms with Gasteiger partial charge in [-0.2, -0.15) is 0 Å². The highest BCUT2D eigenvalue weighted by Crippen LogP contribution is 2.30. The number of nitrogens with zero attached hydrogens (tertiary/aromatic N) is 1. The van der Waals surface area contributed by atoms with E-state index in [2.05, 4.69) is 5.32 Å². The smallest absolute Gasteiger partial charge is 0.264 e. The molecule has 0 radical (unpaired) electrons. The average molecular weight is 443 g/mol. The van der Waals surface area contributed by atoms with Crippen molar-refractivity contribution in [2.24, 2.45) is 0 Å². The van der Waals surface area contributed by atoms with Crippen LogP contribution >= 0.6 is 11.6 Å². The van der Waals surface area contributed by atoms with Gasteiger partial charge in [0.2, 0.25) is 5.91 Å². The summed E-state index contributed by atoms with van der Waals surface area (Å²) in [5, 5.41) is 3.09. The molecule has 3 aromatic rings. The van der Waals surface area contributed by atoms with Crippen LogP contribution in [0.3, 0.4) is 0 Å². The van der Waals surface area contributed by atoms with Gasteiger partial charge in [-0.1, -0.05) is 79.2 Å². The SMILES string of the molecule is CC(CNC(=O)CN(c1ccccc1Cl)S(=O)(=O)c1ccccc1)c1ccccc1. The molecule has 0 saturated carbocycles. The minimum Gasteiger partial charge on any atom is -0.354 e. The molecule has 5 nitrogen and oxygen atoms in total. The second-order valence-electron chi connectivity index (χ2n) is 6.89. The van der Waals surface area contributed by atoms with E-state index >= 15 is 0 Å². The maximum Gasteiger partial charge on any atom is 0.264 e. The first-order chi connectivity index (χ1) is 14.4. The number of halogens is 1. The molecule has 0 heterocycles. The van der Waals surface area contributed by atoms with Crippen molar-refractivity contribution < 1.29 is 13.2 Å². The summed E-state index contributed by atoms with van der Waals surface area (Å²) in [6.07, 6.45) is 0.